The third-order valence-corrected chi connectivity index (χ3v) is 14.1. The van der Waals surface area contributed by atoms with Crippen molar-refractivity contribution in [2.75, 3.05) is 6.61 Å². The van der Waals surface area contributed by atoms with Gasteiger partial charge in [-0.1, -0.05) is 136 Å². The van der Waals surface area contributed by atoms with Crippen LogP contribution in [0.15, 0.2) is 73.2 Å². The molecule has 0 bridgehead atoms. The van der Waals surface area contributed by atoms with Gasteiger partial charge in [0.2, 0.25) is 53.2 Å². The van der Waals surface area contributed by atoms with Gasteiger partial charge in [-0.3, -0.25) is 47.9 Å². The molecule has 84 heavy (non-hydrogen) atoms. The largest absolute Gasteiger partial charge is 0.481 e. The molecule has 462 valence electrons. The van der Waals surface area contributed by atoms with Crippen LogP contribution in [0.2, 0.25) is 0 Å². The van der Waals surface area contributed by atoms with Crippen molar-refractivity contribution in [2.24, 2.45) is 35.3 Å². The van der Waals surface area contributed by atoms with Gasteiger partial charge in [-0.25, -0.2) is 9.78 Å². The number of carbonyl (C=O) groups excluding carboxylic acids is 9. The maximum absolute atomic E-state index is 14.5. The standard InChI is InChI=1S/C58H86N12O14/c1-11-34(10)44(59)54(79)68-45(30(2)3)55(80)64-39(24-35-18-14-12-15-19-35)50(75)62-38(22-23-43(72)73)49(74)63-41(26-37-27-60-29-61-37)52(77)67-47(32(6)7)57(82)69-46(31(4)5)56(81)65-40(25-36-20-16-13-17-21-36)51(76)66-42(28-71)53(78)70-48(33(8)9)58(83)84/h12-21,27,29-34,38-42,44-48,71H,11,22-26,28,59H2,1-10H3,(H,60,61)(H,62,75)(H,63,74)(H,64,80)(H,65,81)(H,66,76)(H,67,77)(H,68,79)(H,69,82)(H,70,78)(H,72,73)(H,83,84)/t34-,38-,39-,40-,41-,42-,44-,45-,46-,47-,48-/m0/s1. The van der Waals surface area contributed by atoms with Crippen molar-refractivity contribution in [2.45, 2.75) is 168 Å². The first-order valence-corrected chi connectivity index (χ1v) is 28.2. The minimum absolute atomic E-state index is 0.106. The Morgan fingerprint density at radius 1 is 0.476 bits per heavy atom. The lowest BCUT2D eigenvalue weighted by atomic mass is 9.97. The average molecular weight is 1180 g/mol. The van der Waals surface area contributed by atoms with Crippen molar-refractivity contribution in [1.29, 1.82) is 0 Å². The predicted molar refractivity (Wildman–Crippen MR) is 308 cm³/mol. The maximum atomic E-state index is 14.5. The number of imidazole rings is 1. The number of carboxylic acid groups (broad SMARTS) is 2. The molecule has 2 aromatic carbocycles. The summed E-state index contributed by atoms with van der Waals surface area (Å²) in [5.41, 5.74) is 7.69. The molecular weight excluding hydrogens is 1090 g/mol. The van der Waals surface area contributed by atoms with Crippen LogP contribution in [-0.2, 0) is 72.0 Å². The molecule has 26 nitrogen and oxygen atoms in total. The van der Waals surface area contributed by atoms with Crippen molar-refractivity contribution in [3.05, 3.63) is 90.0 Å². The molecule has 9 amide bonds. The number of rotatable bonds is 35. The number of nitrogens with one attached hydrogen (secondary N) is 10. The summed E-state index contributed by atoms with van der Waals surface area (Å²) in [6.45, 7) is 15.7. The summed E-state index contributed by atoms with van der Waals surface area (Å²) in [6.07, 6.45) is 1.68. The van der Waals surface area contributed by atoms with Crippen molar-refractivity contribution >= 4 is 65.1 Å². The number of aliphatic carboxylic acids is 2. The Bertz CT molecular complexity index is 2670. The van der Waals surface area contributed by atoms with Crippen molar-refractivity contribution in [3.8, 4) is 0 Å². The summed E-state index contributed by atoms with van der Waals surface area (Å²) in [4.78, 5) is 157. The third-order valence-electron chi connectivity index (χ3n) is 14.1. The lowest BCUT2D eigenvalue weighted by Crippen LogP contribution is -2.62. The zero-order valence-corrected chi connectivity index (χ0v) is 49.4. The highest BCUT2D eigenvalue weighted by atomic mass is 16.4. The highest BCUT2D eigenvalue weighted by Gasteiger charge is 2.38. The Kier molecular flexibility index (Phi) is 28.6. The Hall–Kier alpha value is -8.26. The molecule has 0 radical (unpaired) electrons. The number of amides is 9. The van der Waals surface area contributed by atoms with Gasteiger partial charge in [0.15, 0.2) is 0 Å². The van der Waals surface area contributed by atoms with Gasteiger partial charge >= 0.3 is 11.9 Å². The van der Waals surface area contributed by atoms with E-state index in [0.29, 0.717) is 23.2 Å². The number of nitrogens with zero attached hydrogens (tertiary/aromatic N) is 1. The molecule has 0 fully saturated rings. The number of H-pyrrole nitrogens is 1. The van der Waals surface area contributed by atoms with Gasteiger partial charge in [-0.2, -0.15) is 0 Å². The first-order valence-electron chi connectivity index (χ1n) is 28.2. The SMILES string of the molecule is CC[C@H](C)[C@H](N)C(=O)N[C@H](C(=O)N[C@@H](Cc1ccccc1)C(=O)N[C@@H](CCC(=O)O)C(=O)N[C@@H](Cc1cnc[nH]1)C(=O)N[C@H](C(=O)N[C@H](C(=O)N[C@@H](Cc1ccccc1)C(=O)N[C@@H](CO)C(=O)N[C@H](C(=O)O)C(C)C)C(C)C)C(C)C)C(C)C. The van der Waals surface area contributed by atoms with E-state index in [-0.39, 0.29) is 25.2 Å². The van der Waals surface area contributed by atoms with E-state index >= 15 is 0 Å². The topological polar surface area (TPSA) is 411 Å². The Balaban J connectivity index is 1.93. The van der Waals surface area contributed by atoms with E-state index in [1.807, 2.05) is 6.92 Å². The molecule has 15 N–H and O–H groups in total. The quantitative estimate of drug-likeness (QED) is 0.0361. The zero-order chi connectivity index (χ0) is 63.0. The van der Waals surface area contributed by atoms with Gasteiger partial charge in [-0.15, -0.1) is 0 Å². The number of carboxylic acids is 2. The molecule has 0 aliphatic heterocycles. The Morgan fingerprint density at radius 3 is 1.24 bits per heavy atom. The molecule has 0 aliphatic rings. The molecule has 0 unspecified atom stereocenters. The molecule has 0 aliphatic carbocycles. The van der Waals surface area contributed by atoms with Gasteiger partial charge < -0.3 is 73.9 Å². The highest BCUT2D eigenvalue weighted by Crippen LogP contribution is 2.14. The molecule has 26 heteroatoms. The molecule has 0 spiro atoms. The van der Waals surface area contributed by atoms with E-state index in [0.717, 1.165) is 0 Å². The summed E-state index contributed by atoms with van der Waals surface area (Å²) in [5.74, 6) is -13.0. The number of aromatic nitrogens is 2. The number of nitrogens with two attached hydrogens (primary N) is 1. The van der Waals surface area contributed by atoms with Crippen LogP contribution in [0, 0.1) is 29.6 Å². The normalized spacial score (nSPS) is 15.3. The van der Waals surface area contributed by atoms with E-state index in [4.69, 9.17) is 5.73 Å². The zero-order valence-electron chi connectivity index (χ0n) is 49.4. The average Bonchev–Trinajstić information content (AvgIpc) is 4.07. The summed E-state index contributed by atoms with van der Waals surface area (Å²) in [5, 5.41) is 52.7. The van der Waals surface area contributed by atoms with Gasteiger partial charge in [-0.05, 0) is 47.1 Å². The highest BCUT2D eigenvalue weighted by molar-refractivity contribution is 5.99. The fraction of sp³-hybridized carbons (Fsp3) is 0.552. The molecule has 11 atom stereocenters. The van der Waals surface area contributed by atoms with E-state index in [1.165, 1.54) is 12.5 Å². The molecular formula is C58H86N12O14. The van der Waals surface area contributed by atoms with Crippen LogP contribution < -0.4 is 53.6 Å². The predicted octanol–water partition coefficient (Wildman–Crippen LogP) is -0.260. The van der Waals surface area contributed by atoms with E-state index in [2.05, 4.69) is 57.8 Å². The van der Waals surface area contributed by atoms with Crippen LogP contribution in [0.1, 0.15) is 105 Å². The number of aliphatic hydroxyl groups is 1. The van der Waals surface area contributed by atoms with Gasteiger partial charge in [0.05, 0.1) is 19.0 Å². The number of benzene rings is 2. The third kappa shape index (κ3) is 22.5. The molecule has 0 saturated carbocycles. The summed E-state index contributed by atoms with van der Waals surface area (Å²) < 4.78 is 0. The van der Waals surface area contributed by atoms with Crippen LogP contribution in [-0.4, -0.2) is 157 Å². The molecule has 3 aromatic rings. The van der Waals surface area contributed by atoms with Crippen molar-refractivity contribution < 1.29 is 68.1 Å². The van der Waals surface area contributed by atoms with Crippen LogP contribution in [0.25, 0.3) is 0 Å². The van der Waals surface area contributed by atoms with Gasteiger partial charge in [0, 0.05) is 37.6 Å². The minimum Gasteiger partial charge on any atom is -0.481 e. The second-order valence-corrected chi connectivity index (χ2v) is 22.3. The van der Waals surface area contributed by atoms with Crippen LogP contribution >= 0.6 is 0 Å². The number of aliphatic hydroxyl groups excluding tert-OH is 1. The number of aromatic amines is 1. The lowest BCUT2D eigenvalue weighted by Gasteiger charge is -2.30. The van der Waals surface area contributed by atoms with Crippen molar-refractivity contribution in [3.63, 3.8) is 0 Å². The van der Waals surface area contributed by atoms with E-state index < -0.39 is 169 Å². The Morgan fingerprint density at radius 2 is 0.833 bits per heavy atom. The van der Waals surface area contributed by atoms with Crippen LogP contribution in [0.4, 0.5) is 0 Å². The van der Waals surface area contributed by atoms with Crippen LogP contribution in [0.5, 0.6) is 0 Å². The van der Waals surface area contributed by atoms with Gasteiger partial charge in [0.1, 0.15) is 54.4 Å². The Labute approximate surface area is 489 Å². The maximum Gasteiger partial charge on any atom is 0.326 e. The fourth-order valence-electron chi connectivity index (χ4n) is 8.65. The smallest absolute Gasteiger partial charge is 0.326 e. The fourth-order valence-corrected chi connectivity index (χ4v) is 8.65. The monoisotopic (exact) mass is 1170 g/mol. The minimum atomic E-state index is -1.63. The van der Waals surface area contributed by atoms with Crippen LogP contribution in [0.3, 0.4) is 0 Å². The second kappa shape index (κ2) is 34.4. The van der Waals surface area contributed by atoms with E-state index in [9.17, 15) is 68.1 Å². The number of hydrogen-bond acceptors (Lipinski definition) is 14. The molecule has 3 rings (SSSR count). The lowest BCUT2D eigenvalue weighted by molar-refractivity contribution is -0.144. The van der Waals surface area contributed by atoms with E-state index in [1.54, 1.807) is 123 Å². The summed E-state index contributed by atoms with van der Waals surface area (Å²) in [6, 6.07) is 3.30. The van der Waals surface area contributed by atoms with Crippen molar-refractivity contribution in [1.82, 2.24) is 57.8 Å². The molecule has 1 aromatic heterocycles. The number of carbonyl (C=O) groups is 11. The first kappa shape index (κ1) is 70.0. The van der Waals surface area contributed by atoms with Gasteiger partial charge in [0.25, 0.3) is 0 Å². The number of hydrogen-bond donors (Lipinski definition) is 14. The first-order chi connectivity index (χ1) is 39.6. The molecule has 1 heterocycles. The summed E-state index contributed by atoms with van der Waals surface area (Å²) in [7, 11) is 0. The molecule has 0 saturated heterocycles. The summed E-state index contributed by atoms with van der Waals surface area (Å²) >= 11 is 0. The second-order valence-electron chi connectivity index (χ2n) is 22.3.